The van der Waals surface area contributed by atoms with Crippen LogP contribution in [0.5, 0.6) is 0 Å². The molecule has 2 fully saturated rings. The Balaban J connectivity index is 1.31. The van der Waals surface area contributed by atoms with Gasteiger partial charge in [0.2, 0.25) is 0 Å². The number of alkyl halides is 2. The first-order chi connectivity index (χ1) is 15.5. The Kier molecular flexibility index (Phi) is 7.84. The molecule has 0 heterocycles. The van der Waals surface area contributed by atoms with E-state index in [0.29, 0.717) is 23.8 Å². The van der Waals surface area contributed by atoms with E-state index in [9.17, 15) is 13.2 Å². The highest BCUT2D eigenvalue weighted by Gasteiger charge is 2.39. The number of hydrogen-bond donors (Lipinski definition) is 0. The number of hydrogen-bond acceptors (Lipinski definition) is 0. The van der Waals surface area contributed by atoms with Gasteiger partial charge in [-0.3, -0.25) is 0 Å². The molecule has 0 N–H and O–H groups in total. The second-order valence-electron chi connectivity index (χ2n) is 10.7. The van der Waals surface area contributed by atoms with Gasteiger partial charge in [0, 0.05) is 0 Å². The van der Waals surface area contributed by atoms with Crippen LogP contribution in [0.25, 0.3) is 0 Å². The smallest absolute Gasteiger partial charge is 0.156 e. The molecule has 0 nitrogen and oxygen atoms in total. The second-order valence-corrected chi connectivity index (χ2v) is 10.7. The van der Waals surface area contributed by atoms with Crippen LogP contribution in [0.4, 0.5) is 13.2 Å². The Morgan fingerprint density at radius 3 is 2.34 bits per heavy atom. The summed E-state index contributed by atoms with van der Waals surface area (Å²) in [6.45, 7) is 4.30. The zero-order chi connectivity index (χ0) is 22.7. The third kappa shape index (κ3) is 5.34. The lowest BCUT2D eigenvalue weighted by molar-refractivity contribution is 0.0667. The third-order valence-electron chi connectivity index (χ3n) is 8.54. The van der Waals surface area contributed by atoms with Crippen molar-refractivity contribution in [2.75, 3.05) is 0 Å². The van der Waals surface area contributed by atoms with Gasteiger partial charge in [-0.2, -0.15) is 0 Å². The minimum absolute atomic E-state index is 0.0769. The molecule has 0 radical (unpaired) electrons. The zero-order valence-electron chi connectivity index (χ0n) is 19.7. The van der Waals surface area contributed by atoms with Crippen molar-refractivity contribution in [3.05, 3.63) is 58.9 Å². The molecule has 0 aliphatic heterocycles. The van der Waals surface area contributed by atoms with Crippen LogP contribution < -0.4 is 0 Å². The van der Waals surface area contributed by atoms with Crippen LogP contribution >= 0.6 is 0 Å². The molecule has 32 heavy (non-hydrogen) atoms. The highest BCUT2D eigenvalue weighted by molar-refractivity contribution is 5.30. The maximum atomic E-state index is 15.0. The van der Waals surface area contributed by atoms with Gasteiger partial charge in [-0.25, -0.2) is 13.2 Å². The first-order valence-corrected chi connectivity index (χ1v) is 12.9. The van der Waals surface area contributed by atoms with E-state index in [0.717, 1.165) is 74.8 Å². The van der Waals surface area contributed by atoms with E-state index in [1.165, 1.54) is 0 Å². The molecule has 176 valence electrons. The molecule has 4 rings (SSSR count). The van der Waals surface area contributed by atoms with Crippen LogP contribution in [0.3, 0.4) is 0 Å². The van der Waals surface area contributed by atoms with Gasteiger partial charge >= 0.3 is 0 Å². The summed E-state index contributed by atoms with van der Waals surface area (Å²) in [5, 5.41) is 0. The lowest BCUT2D eigenvalue weighted by Gasteiger charge is -2.37. The number of halogens is 3. The fourth-order valence-electron chi connectivity index (χ4n) is 6.23. The van der Waals surface area contributed by atoms with Crippen molar-refractivity contribution in [1.29, 1.82) is 0 Å². The highest BCUT2D eigenvalue weighted by atomic mass is 19.2. The van der Waals surface area contributed by atoms with Crippen molar-refractivity contribution in [3.8, 4) is 0 Å². The Labute approximate surface area is 192 Å². The van der Waals surface area contributed by atoms with E-state index in [1.54, 1.807) is 6.07 Å². The van der Waals surface area contributed by atoms with Gasteiger partial charge in [0.05, 0.1) is 0 Å². The standard InChI is InChI=1S/C29H39F3/c1-3-20-9-16-25(27(30)18-20)22-12-6-21(7-13-22)8-14-24-15-17-26(29(32)28(24)31)23-10-4-19(2)5-11-23/h8-9,14-16,18-19,21-23,26,28-29H,3-7,10-13,17H2,1-2H3/b14-8+. The van der Waals surface area contributed by atoms with Gasteiger partial charge in [-0.1, -0.05) is 57.0 Å². The van der Waals surface area contributed by atoms with Crippen molar-refractivity contribution in [2.24, 2.45) is 23.7 Å². The largest absolute Gasteiger partial charge is 0.244 e. The van der Waals surface area contributed by atoms with Crippen LogP contribution in [0.1, 0.15) is 88.7 Å². The van der Waals surface area contributed by atoms with E-state index in [4.69, 9.17) is 0 Å². The molecule has 3 atom stereocenters. The summed E-state index contributed by atoms with van der Waals surface area (Å²) in [6.07, 6.45) is 12.8. The van der Waals surface area contributed by atoms with Crippen LogP contribution in [-0.4, -0.2) is 12.3 Å². The molecule has 0 spiro atoms. The summed E-state index contributed by atoms with van der Waals surface area (Å²) < 4.78 is 44.4. The lowest BCUT2D eigenvalue weighted by Crippen LogP contribution is -2.37. The number of benzene rings is 1. The van der Waals surface area contributed by atoms with Crippen molar-refractivity contribution >= 4 is 0 Å². The average Bonchev–Trinajstić information content (AvgIpc) is 2.81. The molecule has 1 aromatic rings. The van der Waals surface area contributed by atoms with E-state index < -0.39 is 12.3 Å². The Morgan fingerprint density at radius 1 is 0.969 bits per heavy atom. The lowest BCUT2D eigenvalue weighted by atomic mass is 9.70. The van der Waals surface area contributed by atoms with Crippen LogP contribution in [0, 0.1) is 29.5 Å². The summed E-state index contributed by atoms with van der Waals surface area (Å²) in [7, 11) is 0. The quantitative estimate of drug-likeness (QED) is 0.426. The summed E-state index contributed by atoms with van der Waals surface area (Å²) >= 11 is 0. The Bertz CT molecular complexity index is 810. The number of aryl methyl sites for hydroxylation is 1. The minimum Gasteiger partial charge on any atom is -0.244 e. The molecule has 3 heteroatoms. The molecule has 3 aliphatic carbocycles. The predicted octanol–water partition coefficient (Wildman–Crippen LogP) is 8.67. The number of rotatable bonds is 5. The molecule has 2 saturated carbocycles. The SMILES string of the molecule is CCc1ccc(C2CCC(/C=C/C3=CCC(C4CCC(C)CC4)C(F)C3F)CC2)c(F)c1. The molecule has 3 aliphatic rings. The highest BCUT2D eigenvalue weighted by Crippen LogP contribution is 2.42. The van der Waals surface area contributed by atoms with Crippen molar-refractivity contribution < 1.29 is 13.2 Å². The molecule has 0 bridgehead atoms. The summed E-state index contributed by atoms with van der Waals surface area (Å²) in [6, 6.07) is 5.67. The van der Waals surface area contributed by atoms with Crippen molar-refractivity contribution in [1.82, 2.24) is 0 Å². The number of allylic oxidation sites excluding steroid dienone is 4. The van der Waals surface area contributed by atoms with E-state index in [-0.39, 0.29) is 17.7 Å². The molecular weight excluding hydrogens is 405 g/mol. The van der Waals surface area contributed by atoms with Gasteiger partial charge < -0.3 is 0 Å². The van der Waals surface area contributed by atoms with Gasteiger partial charge in [-0.05, 0) is 104 Å². The van der Waals surface area contributed by atoms with Gasteiger partial charge in [-0.15, -0.1) is 0 Å². The molecular formula is C29H39F3. The zero-order valence-corrected chi connectivity index (χ0v) is 19.7. The normalized spacial score (nSPS) is 36.3. The summed E-state index contributed by atoms with van der Waals surface area (Å²) in [5.74, 6) is 1.47. The maximum Gasteiger partial charge on any atom is 0.156 e. The Morgan fingerprint density at radius 2 is 1.69 bits per heavy atom. The summed E-state index contributed by atoms with van der Waals surface area (Å²) in [4.78, 5) is 0. The second kappa shape index (κ2) is 10.6. The van der Waals surface area contributed by atoms with E-state index in [2.05, 4.69) is 13.0 Å². The predicted molar refractivity (Wildman–Crippen MR) is 127 cm³/mol. The maximum absolute atomic E-state index is 15.0. The van der Waals surface area contributed by atoms with Gasteiger partial charge in [0.15, 0.2) is 6.17 Å². The van der Waals surface area contributed by atoms with E-state index >= 15 is 0 Å². The molecule has 3 unspecified atom stereocenters. The monoisotopic (exact) mass is 444 g/mol. The molecule has 0 amide bonds. The van der Waals surface area contributed by atoms with Crippen LogP contribution in [-0.2, 0) is 6.42 Å². The molecule has 1 aromatic carbocycles. The average molecular weight is 445 g/mol. The van der Waals surface area contributed by atoms with Crippen molar-refractivity contribution in [3.63, 3.8) is 0 Å². The fourth-order valence-corrected chi connectivity index (χ4v) is 6.23. The van der Waals surface area contributed by atoms with Gasteiger partial charge in [0.1, 0.15) is 12.0 Å². The first-order valence-electron chi connectivity index (χ1n) is 12.9. The third-order valence-corrected chi connectivity index (χ3v) is 8.54. The first kappa shape index (κ1) is 23.6. The topological polar surface area (TPSA) is 0 Å². The Hall–Kier alpha value is -1.51. The van der Waals surface area contributed by atoms with Crippen LogP contribution in [0.15, 0.2) is 42.0 Å². The molecule has 0 saturated heterocycles. The fraction of sp³-hybridized carbons (Fsp3) is 0.655. The minimum atomic E-state index is -1.49. The van der Waals surface area contributed by atoms with Gasteiger partial charge in [0.25, 0.3) is 0 Å². The van der Waals surface area contributed by atoms with Crippen LogP contribution in [0.2, 0.25) is 0 Å². The molecule has 0 aromatic heterocycles. The van der Waals surface area contributed by atoms with Crippen molar-refractivity contribution in [2.45, 2.75) is 96.3 Å². The summed E-state index contributed by atoms with van der Waals surface area (Å²) in [5.41, 5.74) is 2.41. The van der Waals surface area contributed by atoms with E-state index in [1.807, 2.05) is 31.2 Å².